The average molecular weight is 359 g/mol. The molecule has 2 aliphatic carbocycles. The first kappa shape index (κ1) is 18.7. The van der Waals surface area contributed by atoms with Gasteiger partial charge in [0.1, 0.15) is 12.4 Å². The van der Waals surface area contributed by atoms with Crippen LogP contribution in [-0.4, -0.2) is 31.6 Å². The zero-order valence-electron chi connectivity index (χ0n) is 15.8. The van der Waals surface area contributed by atoms with E-state index in [-0.39, 0.29) is 18.5 Å². The molecule has 0 unspecified atom stereocenters. The molecule has 0 spiro atoms. The summed E-state index contributed by atoms with van der Waals surface area (Å²) in [5, 5.41) is 2.72. The fourth-order valence-corrected chi connectivity index (χ4v) is 4.41. The number of ether oxygens (including phenoxy) is 2. The summed E-state index contributed by atoms with van der Waals surface area (Å²) < 4.78 is 10.8. The van der Waals surface area contributed by atoms with Crippen LogP contribution in [0, 0.1) is 31.6 Å². The van der Waals surface area contributed by atoms with Crippen LogP contribution in [0.2, 0.25) is 0 Å². The zero-order valence-corrected chi connectivity index (χ0v) is 15.8. The maximum absolute atomic E-state index is 11.9. The van der Waals surface area contributed by atoms with Crippen molar-refractivity contribution in [3.05, 3.63) is 29.3 Å². The van der Waals surface area contributed by atoms with Gasteiger partial charge in [-0.15, -0.1) is 0 Å². The number of esters is 1. The first-order chi connectivity index (χ1) is 12.5. The molecule has 2 saturated carbocycles. The normalized spacial score (nSPS) is 23.7. The van der Waals surface area contributed by atoms with Crippen molar-refractivity contribution >= 4 is 11.9 Å². The smallest absolute Gasteiger partial charge is 0.306 e. The molecule has 0 radical (unpaired) electrons. The monoisotopic (exact) mass is 359 g/mol. The van der Waals surface area contributed by atoms with Crippen LogP contribution < -0.4 is 10.1 Å². The van der Waals surface area contributed by atoms with Gasteiger partial charge in [0, 0.05) is 6.42 Å². The highest BCUT2D eigenvalue weighted by molar-refractivity contribution is 5.80. The molecule has 3 atom stereocenters. The standard InChI is InChI=1S/C21H29NO4/c1-14-3-6-19(15(2)9-14)25-8-7-22-20(23)13-26-21(24)12-18-11-16-4-5-17(18)10-16/h3,6,9,16-18H,4-5,7-8,10-13H2,1-2H3,(H,22,23)/t16-,17+,18-/m0/s1. The Bertz CT molecular complexity index is 657. The highest BCUT2D eigenvalue weighted by Gasteiger charge is 2.40. The maximum atomic E-state index is 11.9. The Hall–Kier alpha value is -2.04. The van der Waals surface area contributed by atoms with E-state index < -0.39 is 0 Å². The van der Waals surface area contributed by atoms with Crippen molar-refractivity contribution in [1.82, 2.24) is 5.32 Å². The number of aryl methyl sites for hydroxylation is 2. The Labute approximate surface area is 155 Å². The van der Waals surface area contributed by atoms with Gasteiger partial charge in [0.05, 0.1) is 6.54 Å². The summed E-state index contributed by atoms with van der Waals surface area (Å²) in [7, 11) is 0. The molecule has 1 aromatic carbocycles. The van der Waals surface area contributed by atoms with Gasteiger partial charge < -0.3 is 14.8 Å². The summed E-state index contributed by atoms with van der Waals surface area (Å²) >= 11 is 0. The van der Waals surface area contributed by atoms with Crippen LogP contribution >= 0.6 is 0 Å². The molecule has 0 heterocycles. The van der Waals surface area contributed by atoms with E-state index in [4.69, 9.17) is 9.47 Å². The zero-order chi connectivity index (χ0) is 18.5. The fraction of sp³-hybridized carbons (Fsp3) is 0.619. The van der Waals surface area contributed by atoms with Crippen LogP contribution in [-0.2, 0) is 14.3 Å². The Balaban J connectivity index is 1.27. The molecular weight excluding hydrogens is 330 g/mol. The van der Waals surface area contributed by atoms with E-state index >= 15 is 0 Å². The third-order valence-electron chi connectivity index (χ3n) is 5.69. The molecule has 0 aromatic heterocycles. The third-order valence-corrected chi connectivity index (χ3v) is 5.69. The van der Waals surface area contributed by atoms with Gasteiger partial charge in [-0.25, -0.2) is 0 Å². The topological polar surface area (TPSA) is 64.6 Å². The van der Waals surface area contributed by atoms with Gasteiger partial charge in [0.2, 0.25) is 0 Å². The van der Waals surface area contributed by atoms with Gasteiger partial charge in [-0.1, -0.05) is 24.1 Å². The van der Waals surface area contributed by atoms with E-state index in [2.05, 4.69) is 11.4 Å². The van der Waals surface area contributed by atoms with Crippen LogP contribution in [0.15, 0.2) is 18.2 Å². The van der Waals surface area contributed by atoms with Crippen molar-refractivity contribution < 1.29 is 19.1 Å². The predicted octanol–water partition coefficient (Wildman–Crippen LogP) is 3.17. The summed E-state index contributed by atoms with van der Waals surface area (Å²) in [5.41, 5.74) is 2.27. The summed E-state index contributed by atoms with van der Waals surface area (Å²) in [6.45, 7) is 4.60. The fourth-order valence-electron chi connectivity index (χ4n) is 4.41. The molecule has 2 fully saturated rings. The van der Waals surface area contributed by atoms with Gasteiger partial charge in [-0.2, -0.15) is 0 Å². The van der Waals surface area contributed by atoms with Crippen molar-refractivity contribution in [2.75, 3.05) is 19.8 Å². The molecule has 1 N–H and O–H groups in total. The Morgan fingerprint density at radius 1 is 1.19 bits per heavy atom. The molecule has 2 bridgehead atoms. The van der Waals surface area contributed by atoms with E-state index in [0.29, 0.717) is 31.4 Å². The quantitative estimate of drug-likeness (QED) is 0.572. The molecule has 1 amide bonds. The van der Waals surface area contributed by atoms with Gasteiger partial charge >= 0.3 is 5.97 Å². The van der Waals surface area contributed by atoms with Crippen molar-refractivity contribution in [2.45, 2.75) is 46.0 Å². The molecule has 0 saturated heterocycles. The highest BCUT2D eigenvalue weighted by Crippen LogP contribution is 2.49. The number of rotatable bonds is 8. The van der Waals surface area contributed by atoms with E-state index in [1.807, 2.05) is 26.0 Å². The number of hydrogen-bond donors (Lipinski definition) is 1. The SMILES string of the molecule is Cc1ccc(OCCNC(=O)COC(=O)C[C@@H]2C[C@H]3CC[C@@H]2C3)c(C)c1. The Kier molecular flexibility index (Phi) is 6.17. The van der Waals surface area contributed by atoms with Gasteiger partial charge in [-0.3, -0.25) is 9.59 Å². The lowest BCUT2D eigenvalue weighted by Gasteiger charge is -2.20. The second-order valence-electron chi connectivity index (χ2n) is 7.77. The molecule has 3 rings (SSSR count). The first-order valence-electron chi connectivity index (χ1n) is 9.63. The van der Waals surface area contributed by atoms with E-state index in [1.165, 1.54) is 24.8 Å². The lowest BCUT2D eigenvalue weighted by Crippen LogP contribution is -2.32. The maximum Gasteiger partial charge on any atom is 0.306 e. The predicted molar refractivity (Wildman–Crippen MR) is 98.9 cm³/mol. The van der Waals surface area contributed by atoms with Crippen LogP contribution in [0.25, 0.3) is 0 Å². The van der Waals surface area contributed by atoms with Gasteiger partial charge in [0.25, 0.3) is 5.91 Å². The van der Waals surface area contributed by atoms with E-state index in [9.17, 15) is 9.59 Å². The van der Waals surface area contributed by atoms with E-state index in [0.717, 1.165) is 23.7 Å². The number of benzene rings is 1. The van der Waals surface area contributed by atoms with Crippen molar-refractivity contribution in [1.29, 1.82) is 0 Å². The summed E-state index contributed by atoms with van der Waals surface area (Å²) in [4.78, 5) is 23.7. The summed E-state index contributed by atoms with van der Waals surface area (Å²) in [6, 6.07) is 5.99. The van der Waals surface area contributed by atoms with E-state index in [1.54, 1.807) is 0 Å². The summed E-state index contributed by atoms with van der Waals surface area (Å²) in [6.07, 6.45) is 5.47. The third kappa shape index (κ3) is 4.99. The molecule has 0 aliphatic heterocycles. The number of fused-ring (bicyclic) bond motifs is 2. The number of nitrogens with one attached hydrogen (secondary N) is 1. The minimum Gasteiger partial charge on any atom is -0.491 e. The molecule has 5 nitrogen and oxygen atoms in total. The second kappa shape index (κ2) is 8.56. The number of amides is 1. The number of carbonyl (C=O) groups is 2. The van der Waals surface area contributed by atoms with Gasteiger partial charge in [0.15, 0.2) is 6.61 Å². The van der Waals surface area contributed by atoms with Crippen LogP contribution in [0.1, 0.15) is 43.2 Å². The van der Waals surface area contributed by atoms with Crippen LogP contribution in [0.5, 0.6) is 5.75 Å². The number of hydrogen-bond acceptors (Lipinski definition) is 4. The molecule has 142 valence electrons. The molecule has 1 aromatic rings. The van der Waals surface area contributed by atoms with Crippen LogP contribution in [0.4, 0.5) is 0 Å². The van der Waals surface area contributed by atoms with Crippen molar-refractivity contribution in [2.24, 2.45) is 17.8 Å². The molecule has 2 aliphatic rings. The first-order valence-corrected chi connectivity index (χ1v) is 9.63. The van der Waals surface area contributed by atoms with Crippen molar-refractivity contribution in [3.63, 3.8) is 0 Å². The minimum absolute atomic E-state index is 0.205. The lowest BCUT2D eigenvalue weighted by atomic mass is 9.86. The summed E-state index contributed by atoms with van der Waals surface area (Å²) in [5.74, 6) is 2.28. The average Bonchev–Trinajstić information content (AvgIpc) is 3.21. The van der Waals surface area contributed by atoms with Gasteiger partial charge in [-0.05, 0) is 62.5 Å². The minimum atomic E-state index is -0.282. The van der Waals surface area contributed by atoms with Crippen molar-refractivity contribution in [3.8, 4) is 5.75 Å². The lowest BCUT2D eigenvalue weighted by molar-refractivity contribution is -0.149. The second-order valence-corrected chi connectivity index (χ2v) is 7.77. The molecule has 5 heteroatoms. The molecule has 26 heavy (non-hydrogen) atoms. The highest BCUT2D eigenvalue weighted by atomic mass is 16.5. The largest absolute Gasteiger partial charge is 0.491 e. The Morgan fingerprint density at radius 2 is 2.04 bits per heavy atom. The Morgan fingerprint density at radius 3 is 2.73 bits per heavy atom. The number of carbonyl (C=O) groups excluding carboxylic acids is 2. The van der Waals surface area contributed by atoms with Crippen LogP contribution in [0.3, 0.4) is 0 Å². The molecular formula is C21H29NO4.